The molecule has 0 bridgehead atoms. The van der Waals surface area contributed by atoms with Crippen LogP contribution in [0.1, 0.15) is 37.7 Å². The van der Waals surface area contributed by atoms with Crippen LogP contribution in [0.4, 0.5) is 13.2 Å². The SMILES string of the molecule is CN=C(NCc1c(F)cccc1OC(F)F)NC1CCN(C2CCCC2)C1.I. The van der Waals surface area contributed by atoms with E-state index in [0.717, 1.165) is 19.5 Å². The van der Waals surface area contributed by atoms with Crippen molar-refractivity contribution in [3.05, 3.63) is 29.6 Å². The number of nitrogens with one attached hydrogen (secondary N) is 2. The normalized spacial score (nSPS) is 21.0. The second-order valence-electron chi connectivity index (χ2n) is 7.08. The van der Waals surface area contributed by atoms with Gasteiger partial charge in [0.2, 0.25) is 0 Å². The minimum absolute atomic E-state index is 0. The molecule has 1 unspecified atom stereocenters. The number of ether oxygens (including phenoxy) is 1. The van der Waals surface area contributed by atoms with Gasteiger partial charge in [-0.05, 0) is 31.4 Å². The number of halogens is 4. The number of alkyl halides is 2. The number of aliphatic imine (C=N–C) groups is 1. The summed E-state index contributed by atoms with van der Waals surface area (Å²) in [6.07, 6.45) is 6.21. The van der Waals surface area contributed by atoms with E-state index in [1.807, 2.05) is 0 Å². The largest absolute Gasteiger partial charge is 0.434 e. The quantitative estimate of drug-likeness (QED) is 0.347. The fraction of sp³-hybridized carbons (Fsp3) is 0.632. The Labute approximate surface area is 181 Å². The Kier molecular flexibility index (Phi) is 9.13. The summed E-state index contributed by atoms with van der Waals surface area (Å²) in [5, 5.41) is 6.36. The molecule has 1 saturated carbocycles. The van der Waals surface area contributed by atoms with E-state index in [-0.39, 0.29) is 47.9 Å². The van der Waals surface area contributed by atoms with E-state index in [2.05, 4.69) is 25.3 Å². The Morgan fingerprint density at radius 2 is 2.04 bits per heavy atom. The molecule has 0 radical (unpaired) electrons. The van der Waals surface area contributed by atoms with Crippen molar-refractivity contribution >= 4 is 29.9 Å². The van der Waals surface area contributed by atoms with Gasteiger partial charge in [0.1, 0.15) is 11.6 Å². The number of guanidine groups is 1. The Hall–Kier alpha value is -1.23. The first kappa shape index (κ1) is 23.1. The Morgan fingerprint density at radius 1 is 1.29 bits per heavy atom. The maximum Gasteiger partial charge on any atom is 0.387 e. The topological polar surface area (TPSA) is 48.9 Å². The van der Waals surface area contributed by atoms with E-state index in [1.54, 1.807) is 7.05 Å². The smallest absolute Gasteiger partial charge is 0.387 e. The Balaban J connectivity index is 0.00000280. The van der Waals surface area contributed by atoms with Gasteiger partial charge in [-0.25, -0.2) is 4.39 Å². The highest BCUT2D eigenvalue weighted by atomic mass is 127. The van der Waals surface area contributed by atoms with Crippen LogP contribution in [0.25, 0.3) is 0 Å². The number of rotatable bonds is 6. The van der Waals surface area contributed by atoms with Crippen molar-refractivity contribution in [3.63, 3.8) is 0 Å². The van der Waals surface area contributed by atoms with E-state index in [1.165, 1.54) is 43.9 Å². The van der Waals surface area contributed by atoms with Gasteiger partial charge in [-0.1, -0.05) is 18.9 Å². The average Bonchev–Trinajstić information content (AvgIpc) is 3.31. The fourth-order valence-electron chi connectivity index (χ4n) is 3.98. The molecule has 1 aliphatic heterocycles. The molecule has 1 atom stereocenters. The van der Waals surface area contributed by atoms with Gasteiger partial charge in [0.05, 0.1) is 0 Å². The predicted octanol–water partition coefficient (Wildman–Crippen LogP) is 3.73. The van der Waals surface area contributed by atoms with Crippen LogP contribution in [0.5, 0.6) is 5.75 Å². The van der Waals surface area contributed by atoms with Gasteiger partial charge in [-0.3, -0.25) is 9.89 Å². The van der Waals surface area contributed by atoms with Crippen molar-refractivity contribution in [1.29, 1.82) is 0 Å². The van der Waals surface area contributed by atoms with Crippen molar-refractivity contribution in [2.24, 2.45) is 4.99 Å². The molecule has 0 spiro atoms. The molecule has 1 saturated heterocycles. The standard InChI is InChI=1S/C19H27F3N4O.HI/c1-23-19(25-13-9-10-26(12-13)14-5-2-3-6-14)24-11-15-16(20)7-4-8-17(15)27-18(21)22;/h4,7-8,13-14,18H,2-3,5-6,9-12H2,1H3,(H2,23,24,25);1H. The van der Waals surface area contributed by atoms with E-state index >= 15 is 0 Å². The summed E-state index contributed by atoms with van der Waals surface area (Å²) < 4.78 is 43.5. The minimum atomic E-state index is -3.00. The molecule has 0 amide bonds. The summed E-state index contributed by atoms with van der Waals surface area (Å²) in [5.74, 6) is -0.231. The van der Waals surface area contributed by atoms with Crippen LogP contribution in [0.15, 0.2) is 23.2 Å². The molecule has 3 rings (SSSR count). The molecule has 1 aliphatic carbocycles. The number of hydrogen-bond donors (Lipinski definition) is 2. The highest BCUT2D eigenvalue weighted by Crippen LogP contribution is 2.26. The zero-order valence-electron chi connectivity index (χ0n) is 16.0. The van der Waals surface area contributed by atoms with Gasteiger partial charge in [-0.2, -0.15) is 8.78 Å². The second-order valence-corrected chi connectivity index (χ2v) is 7.08. The lowest BCUT2D eigenvalue weighted by molar-refractivity contribution is -0.0506. The fourth-order valence-corrected chi connectivity index (χ4v) is 3.98. The molecule has 158 valence electrons. The lowest BCUT2D eigenvalue weighted by Crippen LogP contribution is -2.45. The molecule has 1 aromatic carbocycles. The summed E-state index contributed by atoms with van der Waals surface area (Å²) in [6.45, 7) is -0.958. The Morgan fingerprint density at radius 3 is 2.71 bits per heavy atom. The van der Waals surface area contributed by atoms with Gasteiger partial charge in [0.15, 0.2) is 5.96 Å². The van der Waals surface area contributed by atoms with Crippen molar-refractivity contribution in [2.75, 3.05) is 20.1 Å². The lowest BCUT2D eigenvalue weighted by atomic mass is 10.2. The molecule has 1 aromatic rings. The Bertz CT molecular complexity index is 656. The van der Waals surface area contributed by atoms with Crippen LogP contribution >= 0.6 is 24.0 Å². The van der Waals surface area contributed by atoms with Gasteiger partial charge in [0.25, 0.3) is 0 Å². The first-order valence-corrected chi connectivity index (χ1v) is 9.50. The third-order valence-corrected chi connectivity index (χ3v) is 5.35. The third kappa shape index (κ3) is 6.13. The highest BCUT2D eigenvalue weighted by Gasteiger charge is 2.30. The first-order valence-electron chi connectivity index (χ1n) is 9.50. The van der Waals surface area contributed by atoms with Crippen LogP contribution in [-0.2, 0) is 6.54 Å². The van der Waals surface area contributed by atoms with Crippen molar-refractivity contribution in [2.45, 2.75) is 57.3 Å². The van der Waals surface area contributed by atoms with E-state index in [9.17, 15) is 13.2 Å². The maximum absolute atomic E-state index is 14.1. The lowest BCUT2D eigenvalue weighted by Gasteiger charge is -2.24. The average molecular weight is 512 g/mol. The van der Waals surface area contributed by atoms with Crippen LogP contribution in [0, 0.1) is 5.82 Å². The summed E-state index contributed by atoms with van der Waals surface area (Å²) in [7, 11) is 1.64. The third-order valence-electron chi connectivity index (χ3n) is 5.35. The molecule has 28 heavy (non-hydrogen) atoms. The number of likely N-dealkylation sites (tertiary alicyclic amines) is 1. The van der Waals surface area contributed by atoms with Crippen molar-refractivity contribution < 1.29 is 17.9 Å². The number of hydrogen-bond acceptors (Lipinski definition) is 3. The predicted molar refractivity (Wildman–Crippen MR) is 114 cm³/mol. The first-order chi connectivity index (χ1) is 13.1. The summed E-state index contributed by atoms with van der Waals surface area (Å²) >= 11 is 0. The van der Waals surface area contributed by atoms with Crippen LogP contribution in [-0.4, -0.2) is 49.7 Å². The molecule has 0 aromatic heterocycles. The number of nitrogens with zero attached hydrogens (tertiary/aromatic N) is 2. The summed E-state index contributed by atoms with van der Waals surface area (Å²) in [5.41, 5.74) is 0.0553. The summed E-state index contributed by atoms with van der Waals surface area (Å²) in [4.78, 5) is 6.71. The molecular formula is C19H28F3IN4O. The summed E-state index contributed by atoms with van der Waals surface area (Å²) in [6, 6.07) is 4.87. The van der Waals surface area contributed by atoms with Crippen molar-refractivity contribution in [1.82, 2.24) is 15.5 Å². The molecule has 5 nitrogen and oxygen atoms in total. The van der Waals surface area contributed by atoms with E-state index in [4.69, 9.17) is 0 Å². The van der Waals surface area contributed by atoms with Crippen LogP contribution < -0.4 is 15.4 Å². The zero-order chi connectivity index (χ0) is 19.2. The van der Waals surface area contributed by atoms with Gasteiger partial charge < -0.3 is 15.4 Å². The molecule has 2 N–H and O–H groups in total. The van der Waals surface area contributed by atoms with Gasteiger partial charge >= 0.3 is 6.61 Å². The van der Waals surface area contributed by atoms with E-state index in [0.29, 0.717) is 12.0 Å². The maximum atomic E-state index is 14.1. The molecule has 2 aliphatic rings. The zero-order valence-corrected chi connectivity index (χ0v) is 18.3. The monoisotopic (exact) mass is 512 g/mol. The number of benzene rings is 1. The second kappa shape index (κ2) is 11.1. The van der Waals surface area contributed by atoms with Crippen LogP contribution in [0.3, 0.4) is 0 Å². The minimum Gasteiger partial charge on any atom is -0.434 e. The van der Waals surface area contributed by atoms with Crippen LogP contribution in [0.2, 0.25) is 0 Å². The van der Waals surface area contributed by atoms with Gasteiger partial charge in [0, 0.05) is 44.3 Å². The van der Waals surface area contributed by atoms with Gasteiger partial charge in [-0.15, -0.1) is 24.0 Å². The van der Waals surface area contributed by atoms with Crippen molar-refractivity contribution in [3.8, 4) is 5.75 Å². The van der Waals surface area contributed by atoms with E-state index < -0.39 is 12.4 Å². The molecular weight excluding hydrogens is 484 g/mol. The molecule has 9 heteroatoms. The molecule has 1 heterocycles. The molecule has 2 fully saturated rings. The highest BCUT2D eigenvalue weighted by molar-refractivity contribution is 14.0.